The summed E-state index contributed by atoms with van der Waals surface area (Å²) in [7, 11) is 1.40. The van der Waals surface area contributed by atoms with E-state index in [0.717, 1.165) is 28.8 Å². The molecule has 0 bridgehead atoms. The molecule has 4 rings (SSSR count). The number of thiophene rings is 1. The Labute approximate surface area is 183 Å². The van der Waals surface area contributed by atoms with Crippen molar-refractivity contribution in [3.63, 3.8) is 0 Å². The molecule has 2 aromatic heterocycles. The van der Waals surface area contributed by atoms with E-state index >= 15 is 0 Å². The Hall–Kier alpha value is -2.97. The molecule has 1 aliphatic rings. The first-order chi connectivity index (χ1) is 15.1. The van der Waals surface area contributed by atoms with Crippen molar-refractivity contribution >= 4 is 17.2 Å². The molecule has 162 valence electrons. The van der Waals surface area contributed by atoms with Crippen LogP contribution in [0.3, 0.4) is 0 Å². The predicted molar refractivity (Wildman–Crippen MR) is 116 cm³/mol. The van der Waals surface area contributed by atoms with Crippen molar-refractivity contribution in [3.8, 4) is 22.1 Å². The third-order valence-corrected chi connectivity index (χ3v) is 6.10. The van der Waals surface area contributed by atoms with Crippen molar-refractivity contribution in [1.82, 2.24) is 10.3 Å². The maximum Gasteiger partial charge on any atom is 0.257 e. The number of hydrogen-bond donors (Lipinski definition) is 2. The van der Waals surface area contributed by atoms with Crippen molar-refractivity contribution in [2.24, 2.45) is 5.92 Å². The minimum absolute atomic E-state index is 0.0939. The number of aliphatic hydroxyl groups is 1. The van der Waals surface area contributed by atoms with Gasteiger partial charge < -0.3 is 19.9 Å². The van der Waals surface area contributed by atoms with Crippen LogP contribution in [-0.4, -0.2) is 29.7 Å². The third-order valence-electron chi connectivity index (χ3n) is 5.10. The zero-order valence-electron chi connectivity index (χ0n) is 17.1. The number of carbonyl (C=O) groups is 1. The van der Waals surface area contributed by atoms with Crippen LogP contribution in [0.25, 0.3) is 10.4 Å². The molecule has 0 radical (unpaired) electrons. The first-order valence-corrected chi connectivity index (χ1v) is 10.9. The predicted octanol–water partition coefficient (Wildman–Crippen LogP) is 4.17. The number of rotatable bonds is 9. The highest BCUT2D eigenvalue weighted by atomic mass is 32.1. The summed E-state index contributed by atoms with van der Waals surface area (Å²) >= 11 is 1.47. The lowest BCUT2D eigenvalue weighted by molar-refractivity contribution is 0.0945. The lowest BCUT2D eigenvalue weighted by Crippen LogP contribution is -2.24. The van der Waals surface area contributed by atoms with Crippen LogP contribution in [0.4, 0.5) is 4.39 Å². The number of halogens is 1. The van der Waals surface area contributed by atoms with Gasteiger partial charge in [0.25, 0.3) is 5.91 Å². The van der Waals surface area contributed by atoms with Gasteiger partial charge in [-0.25, -0.2) is 9.37 Å². The fourth-order valence-electron chi connectivity index (χ4n) is 3.15. The molecule has 6 nitrogen and oxygen atoms in total. The molecule has 1 fully saturated rings. The van der Waals surface area contributed by atoms with Crippen molar-refractivity contribution in [3.05, 3.63) is 64.4 Å². The lowest BCUT2D eigenvalue weighted by atomic mass is 10.1. The number of nitrogens with one attached hydrogen (secondary N) is 1. The zero-order valence-corrected chi connectivity index (χ0v) is 17.9. The maximum atomic E-state index is 13.9. The Kier molecular flexibility index (Phi) is 6.48. The second-order valence-electron chi connectivity index (χ2n) is 7.42. The number of pyridine rings is 1. The van der Waals surface area contributed by atoms with Crippen LogP contribution in [0.15, 0.2) is 41.9 Å². The van der Waals surface area contributed by atoms with E-state index in [1.54, 1.807) is 18.3 Å². The van der Waals surface area contributed by atoms with Crippen LogP contribution >= 0.6 is 11.3 Å². The van der Waals surface area contributed by atoms with Gasteiger partial charge in [-0.15, -0.1) is 11.3 Å². The summed E-state index contributed by atoms with van der Waals surface area (Å²) < 4.78 is 24.7. The Bertz CT molecular complexity index is 1080. The number of ether oxygens (including phenoxy) is 2. The fraction of sp³-hybridized carbons (Fsp3) is 0.304. The zero-order chi connectivity index (χ0) is 21.8. The molecule has 3 aromatic rings. The average molecular weight is 443 g/mol. The van der Waals surface area contributed by atoms with Gasteiger partial charge in [0.15, 0.2) is 11.6 Å². The summed E-state index contributed by atoms with van der Waals surface area (Å²) in [4.78, 5) is 18.2. The van der Waals surface area contributed by atoms with Crippen LogP contribution in [0.5, 0.6) is 11.6 Å². The van der Waals surface area contributed by atoms with Gasteiger partial charge >= 0.3 is 0 Å². The third kappa shape index (κ3) is 5.03. The number of aromatic nitrogens is 1. The van der Waals surface area contributed by atoms with Gasteiger partial charge in [-0.2, -0.15) is 0 Å². The van der Waals surface area contributed by atoms with E-state index in [1.807, 2.05) is 11.4 Å². The van der Waals surface area contributed by atoms with Crippen molar-refractivity contribution < 1.29 is 23.8 Å². The molecular formula is C23H23FN2O4S. The van der Waals surface area contributed by atoms with E-state index < -0.39 is 5.82 Å². The highest BCUT2D eigenvalue weighted by molar-refractivity contribution is 7.13. The van der Waals surface area contributed by atoms with Crippen LogP contribution in [0.2, 0.25) is 0 Å². The number of carbonyl (C=O) groups excluding carboxylic acids is 1. The Morgan fingerprint density at radius 3 is 2.87 bits per heavy atom. The maximum absolute atomic E-state index is 13.9. The highest BCUT2D eigenvalue weighted by Crippen LogP contribution is 2.33. The number of aliphatic hydroxyl groups excluding tert-OH is 1. The van der Waals surface area contributed by atoms with Crippen molar-refractivity contribution in [2.75, 3.05) is 13.7 Å². The van der Waals surface area contributed by atoms with Gasteiger partial charge in [0, 0.05) is 23.2 Å². The molecule has 0 saturated heterocycles. The molecule has 0 aliphatic heterocycles. The fourth-order valence-corrected chi connectivity index (χ4v) is 4.05. The SMILES string of the molecule is COc1ccc(CNC(=O)c2cc(-c3sccc3CO)cnc2OCC2CC2)cc1F. The highest BCUT2D eigenvalue weighted by Gasteiger charge is 2.24. The summed E-state index contributed by atoms with van der Waals surface area (Å²) in [6.07, 6.45) is 3.90. The second kappa shape index (κ2) is 9.45. The summed E-state index contributed by atoms with van der Waals surface area (Å²) in [6, 6.07) is 8.12. The first-order valence-electron chi connectivity index (χ1n) is 10.00. The smallest absolute Gasteiger partial charge is 0.257 e. The quantitative estimate of drug-likeness (QED) is 0.520. The largest absolute Gasteiger partial charge is 0.494 e. The van der Waals surface area contributed by atoms with Gasteiger partial charge in [0.05, 0.1) is 20.3 Å². The summed E-state index contributed by atoms with van der Waals surface area (Å²) in [5.41, 5.74) is 2.43. The molecule has 1 amide bonds. The number of benzene rings is 1. The molecule has 0 atom stereocenters. The van der Waals surface area contributed by atoms with Crippen LogP contribution in [-0.2, 0) is 13.2 Å². The van der Waals surface area contributed by atoms with E-state index in [4.69, 9.17) is 9.47 Å². The average Bonchev–Trinajstić information content (AvgIpc) is 3.50. The molecule has 0 unspecified atom stereocenters. The van der Waals surface area contributed by atoms with E-state index in [2.05, 4.69) is 10.3 Å². The standard InChI is InChI=1S/C23H23FN2O4S/c1-29-20-5-4-15(8-19(20)24)10-25-22(28)18-9-17(21-16(12-27)6-7-31-21)11-26-23(18)30-13-14-2-3-14/h4-9,11,14,27H,2-3,10,12-13H2,1H3,(H,25,28). The molecule has 2 heterocycles. The molecule has 2 N–H and O–H groups in total. The molecule has 8 heteroatoms. The number of nitrogens with zero attached hydrogens (tertiary/aromatic N) is 1. The first kappa shape index (κ1) is 21.3. The van der Waals surface area contributed by atoms with E-state index in [0.29, 0.717) is 23.7 Å². The lowest BCUT2D eigenvalue weighted by Gasteiger charge is -2.13. The topological polar surface area (TPSA) is 80.7 Å². The van der Waals surface area contributed by atoms with Gasteiger partial charge in [-0.3, -0.25) is 4.79 Å². The van der Waals surface area contributed by atoms with Crippen LogP contribution in [0, 0.1) is 11.7 Å². The van der Waals surface area contributed by atoms with Gasteiger partial charge in [-0.1, -0.05) is 6.07 Å². The van der Waals surface area contributed by atoms with Gasteiger partial charge in [0.1, 0.15) is 5.56 Å². The summed E-state index contributed by atoms with van der Waals surface area (Å²) in [6.45, 7) is 0.577. The molecule has 1 saturated carbocycles. The monoisotopic (exact) mass is 442 g/mol. The van der Waals surface area contributed by atoms with Crippen LogP contribution in [0.1, 0.15) is 34.3 Å². The van der Waals surface area contributed by atoms with E-state index in [1.165, 1.54) is 30.6 Å². The minimum Gasteiger partial charge on any atom is -0.494 e. The van der Waals surface area contributed by atoms with Crippen molar-refractivity contribution in [1.29, 1.82) is 0 Å². The van der Waals surface area contributed by atoms with E-state index in [-0.39, 0.29) is 30.7 Å². The number of methoxy groups -OCH3 is 1. The van der Waals surface area contributed by atoms with Gasteiger partial charge in [-0.05, 0) is 59.5 Å². The summed E-state index contributed by atoms with van der Waals surface area (Å²) in [5, 5.41) is 14.3. The molecular weight excluding hydrogens is 419 g/mol. The van der Waals surface area contributed by atoms with E-state index in [9.17, 15) is 14.3 Å². The molecule has 0 spiro atoms. The Morgan fingerprint density at radius 2 is 2.16 bits per heavy atom. The summed E-state index contributed by atoms with van der Waals surface area (Å²) in [5.74, 6) is 0.0894. The molecule has 31 heavy (non-hydrogen) atoms. The molecule has 1 aliphatic carbocycles. The minimum atomic E-state index is -0.486. The second-order valence-corrected chi connectivity index (χ2v) is 8.33. The normalized spacial score (nSPS) is 13.1. The molecule has 1 aromatic carbocycles. The number of amides is 1. The number of hydrogen-bond acceptors (Lipinski definition) is 6. The Morgan fingerprint density at radius 1 is 1.32 bits per heavy atom. The van der Waals surface area contributed by atoms with Gasteiger partial charge in [0.2, 0.25) is 5.88 Å². The van der Waals surface area contributed by atoms with Crippen LogP contribution < -0.4 is 14.8 Å². The Balaban J connectivity index is 1.56. The van der Waals surface area contributed by atoms with Crippen molar-refractivity contribution in [2.45, 2.75) is 26.0 Å².